The number of piperidine rings is 1. The summed E-state index contributed by atoms with van der Waals surface area (Å²) in [5.41, 5.74) is 9.10. The Morgan fingerprint density at radius 1 is 1.11 bits per heavy atom. The minimum atomic E-state index is -0.204. The maximum atomic E-state index is 13.2. The van der Waals surface area contributed by atoms with Crippen molar-refractivity contribution in [3.63, 3.8) is 0 Å². The molecular weight excluding hydrogens is 343 g/mol. The van der Waals surface area contributed by atoms with E-state index in [1.54, 1.807) is 0 Å². The van der Waals surface area contributed by atoms with Crippen LogP contribution in [0.25, 0.3) is 11.0 Å². The highest BCUT2D eigenvalue weighted by atomic mass is 19.1. The highest BCUT2D eigenvalue weighted by Crippen LogP contribution is 2.43. The third-order valence-corrected chi connectivity index (χ3v) is 6.06. The first-order chi connectivity index (χ1) is 13.1. The van der Waals surface area contributed by atoms with Crippen LogP contribution in [0, 0.1) is 5.82 Å². The third kappa shape index (κ3) is 2.76. The summed E-state index contributed by atoms with van der Waals surface area (Å²) in [4.78, 5) is 22.5. The lowest BCUT2D eigenvalue weighted by molar-refractivity contribution is 0.0571. The number of nitrogens with one attached hydrogen (secondary N) is 1. The van der Waals surface area contributed by atoms with Crippen molar-refractivity contribution in [2.24, 2.45) is 0 Å². The molecule has 2 saturated heterocycles. The van der Waals surface area contributed by atoms with E-state index in [1.807, 2.05) is 30.3 Å². The monoisotopic (exact) mass is 364 g/mol. The van der Waals surface area contributed by atoms with Gasteiger partial charge in [0.2, 0.25) is 0 Å². The zero-order valence-corrected chi connectivity index (χ0v) is 14.9. The van der Waals surface area contributed by atoms with Gasteiger partial charge in [0, 0.05) is 17.6 Å². The van der Waals surface area contributed by atoms with Gasteiger partial charge in [-0.05, 0) is 67.5 Å². The van der Waals surface area contributed by atoms with Crippen LogP contribution < -0.4 is 5.73 Å². The van der Waals surface area contributed by atoms with Crippen LogP contribution >= 0.6 is 0 Å². The van der Waals surface area contributed by atoms with Crippen molar-refractivity contribution < 1.29 is 9.18 Å². The fourth-order valence-electron chi connectivity index (χ4n) is 4.83. The zero-order chi connectivity index (χ0) is 18.5. The predicted octanol–water partition coefficient (Wildman–Crippen LogP) is 3.84. The van der Waals surface area contributed by atoms with Crippen LogP contribution in [0.4, 0.5) is 10.3 Å². The molecular formula is C21H21FN4O. The number of H-pyrrole nitrogens is 1. The van der Waals surface area contributed by atoms with E-state index < -0.39 is 0 Å². The second-order valence-electron chi connectivity index (χ2n) is 7.67. The van der Waals surface area contributed by atoms with Crippen molar-refractivity contribution >= 4 is 22.9 Å². The molecule has 0 spiro atoms. The second-order valence-corrected chi connectivity index (χ2v) is 7.67. The SMILES string of the molecule is Nc1nc2ccc(C(=O)N3[C@@H]4CC[C@H]3CC(c3ccc(F)cc3)C4)cc2[nH]1. The molecule has 2 aromatic carbocycles. The lowest BCUT2D eigenvalue weighted by Gasteiger charge is -2.39. The summed E-state index contributed by atoms with van der Waals surface area (Å²) in [6, 6.07) is 12.8. The van der Waals surface area contributed by atoms with E-state index in [9.17, 15) is 9.18 Å². The Balaban J connectivity index is 1.39. The van der Waals surface area contributed by atoms with Crippen molar-refractivity contribution in [3.05, 3.63) is 59.4 Å². The smallest absolute Gasteiger partial charge is 0.254 e. The maximum Gasteiger partial charge on any atom is 0.254 e. The molecule has 3 aromatic rings. The first kappa shape index (κ1) is 16.3. The molecule has 5 nitrogen and oxygen atoms in total. The van der Waals surface area contributed by atoms with Crippen LogP contribution in [0.3, 0.4) is 0 Å². The largest absolute Gasteiger partial charge is 0.369 e. The average Bonchev–Trinajstić information content (AvgIpc) is 3.16. The van der Waals surface area contributed by atoms with Crippen LogP contribution in [0.15, 0.2) is 42.5 Å². The average molecular weight is 364 g/mol. The topological polar surface area (TPSA) is 75.0 Å². The lowest BCUT2D eigenvalue weighted by atomic mass is 9.85. The van der Waals surface area contributed by atoms with E-state index in [4.69, 9.17) is 5.73 Å². The number of amides is 1. The number of nitrogens with two attached hydrogens (primary N) is 1. The van der Waals surface area contributed by atoms with Crippen molar-refractivity contribution in [3.8, 4) is 0 Å². The first-order valence-corrected chi connectivity index (χ1v) is 9.42. The van der Waals surface area contributed by atoms with Crippen molar-refractivity contribution in [2.45, 2.75) is 43.7 Å². The Kier molecular flexibility index (Phi) is 3.67. The summed E-state index contributed by atoms with van der Waals surface area (Å²) < 4.78 is 13.2. The van der Waals surface area contributed by atoms with E-state index >= 15 is 0 Å². The van der Waals surface area contributed by atoms with E-state index in [0.29, 0.717) is 17.4 Å². The fraction of sp³-hybridized carbons (Fsp3) is 0.333. The summed E-state index contributed by atoms with van der Waals surface area (Å²) >= 11 is 0. The molecule has 2 aliphatic rings. The molecule has 3 N–H and O–H groups in total. The quantitative estimate of drug-likeness (QED) is 0.726. The van der Waals surface area contributed by atoms with E-state index in [0.717, 1.165) is 36.7 Å². The van der Waals surface area contributed by atoms with Gasteiger partial charge >= 0.3 is 0 Å². The molecule has 1 amide bonds. The minimum absolute atomic E-state index is 0.0788. The second kappa shape index (κ2) is 6.08. The summed E-state index contributed by atoms with van der Waals surface area (Å²) in [5, 5.41) is 0. The van der Waals surface area contributed by atoms with Gasteiger partial charge < -0.3 is 15.6 Å². The molecule has 1 aromatic heterocycles. The van der Waals surface area contributed by atoms with Gasteiger partial charge in [0.15, 0.2) is 5.95 Å². The van der Waals surface area contributed by atoms with Gasteiger partial charge in [-0.1, -0.05) is 12.1 Å². The number of carbonyl (C=O) groups excluding carboxylic acids is 1. The van der Waals surface area contributed by atoms with Gasteiger partial charge in [-0.15, -0.1) is 0 Å². The molecule has 27 heavy (non-hydrogen) atoms. The zero-order valence-electron chi connectivity index (χ0n) is 14.9. The van der Waals surface area contributed by atoms with Gasteiger partial charge in [0.1, 0.15) is 5.82 Å². The summed E-state index contributed by atoms with van der Waals surface area (Å²) in [5.74, 6) is 0.621. The maximum absolute atomic E-state index is 13.2. The van der Waals surface area contributed by atoms with Crippen LogP contribution in [0.5, 0.6) is 0 Å². The number of hydrogen-bond donors (Lipinski definition) is 2. The van der Waals surface area contributed by atoms with Crippen LogP contribution in [0.1, 0.15) is 47.5 Å². The normalized spacial score (nSPS) is 24.5. The Hall–Kier alpha value is -2.89. The van der Waals surface area contributed by atoms with Gasteiger partial charge in [0.25, 0.3) is 5.91 Å². The third-order valence-electron chi connectivity index (χ3n) is 6.06. The number of rotatable bonds is 2. The summed E-state index contributed by atoms with van der Waals surface area (Å²) in [6.07, 6.45) is 3.95. The van der Waals surface area contributed by atoms with E-state index in [1.165, 1.54) is 17.7 Å². The molecule has 138 valence electrons. The number of benzene rings is 2. The molecule has 5 rings (SSSR count). The molecule has 6 heteroatoms. The molecule has 2 bridgehead atoms. The van der Waals surface area contributed by atoms with Crippen molar-refractivity contribution in [2.75, 3.05) is 5.73 Å². The number of carbonyl (C=O) groups is 1. The van der Waals surface area contributed by atoms with Crippen LogP contribution in [-0.4, -0.2) is 32.9 Å². The molecule has 3 heterocycles. The Labute approximate surface area is 156 Å². The molecule has 0 radical (unpaired) electrons. The lowest BCUT2D eigenvalue weighted by Crippen LogP contribution is -2.46. The van der Waals surface area contributed by atoms with Crippen LogP contribution in [-0.2, 0) is 0 Å². The van der Waals surface area contributed by atoms with Gasteiger partial charge in [-0.25, -0.2) is 9.37 Å². The van der Waals surface area contributed by atoms with Crippen molar-refractivity contribution in [1.29, 1.82) is 0 Å². The summed E-state index contributed by atoms with van der Waals surface area (Å²) in [7, 11) is 0. The summed E-state index contributed by atoms with van der Waals surface area (Å²) in [6.45, 7) is 0. The molecule has 0 aliphatic carbocycles. The van der Waals surface area contributed by atoms with Gasteiger partial charge in [-0.2, -0.15) is 0 Å². The number of imidazole rings is 1. The Bertz CT molecular complexity index is 999. The highest BCUT2D eigenvalue weighted by Gasteiger charge is 2.43. The highest BCUT2D eigenvalue weighted by molar-refractivity contribution is 5.98. The standard InChI is InChI=1S/C21H21FN4O/c22-15-4-1-12(2-5-15)14-9-16-6-7-17(10-14)26(16)20(27)13-3-8-18-19(11-13)25-21(23)24-18/h1-5,8,11,14,16-17H,6-7,9-10H2,(H3,23,24,25)/t14?,16-,17+. The number of fused-ring (bicyclic) bond motifs is 3. The Morgan fingerprint density at radius 2 is 1.81 bits per heavy atom. The molecule has 2 fully saturated rings. The molecule has 1 unspecified atom stereocenters. The first-order valence-electron chi connectivity index (χ1n) is 9.42. The number of anilines is 1. The molecule has 0 saturated carbocycles. The molecule has 3 atom stereocenters. The predicted molar refractivity (Wildman–Crippen MR) is 102 cm³/mol. The van der Waals surface area contributed by atoms with Crippen molar-refractivity contribution in [1.82, 2.24) is 14.9 Å². The molecule has 2 aliphatic heterocycles. The van der Waals surface area contributed by atoms with E-state index in [2.05, 4.69) is 14.9 Å². The van der Waals surface area contributed by atoms with Gasteiger partial charge in [0.05, 0.1) is 11.0 Å². The van der Waals surface area contributed by atoms with Crippen LogP contribution in [0.2, 0.25) is 0 Å². The number of halogens is 1. The number of aromatic nitrogens is 2. The number of nitrogens with zero attached hydrogens (tertiary/aromatic N) is 2. The number of aromatic amines is 1. The van der Waals surface area contributed by atoms with Gasteiger partial charge in [-0.3, -0.25) is 4.79 Å². The minimum Gasteiger partial charge on any atom is -0.369 e. The number of hydrogen-bond acceptors (Lipinski definition) is 3. The fourth-order valence-corrected chi connectivity index (χ4v) is 4.83. The number of nitrogen functional groups attached to an aromatic ring is 1. The van der Waals surface area contributed by atoms with E-state index in [-0.39, 0.29) is 23.8 Å². The Morgan fingerprint density at radius 3 is 2.52 bits per heavy atom.